The zero-order valence-corrected chi connectivity index (χ0v) is 10.2. The van der Waals surface area contributed by atoms with Gasteiger partial charge in [0, 0.05) is 6.04 Å². The Morgan fingerprint density at radius 2 is 1.69 bits per heavy atom. The summed E-state index contributed by atoms with van der Waals surface area (Å²) in [6, 6.07) is 0.275. The van der Waals surface area contributed by atoms with E-state index >= 15 is 0 Å². The van der Waals surface area contributed by atoms with Crippen molar-refractivity contribution in [2.45, 2.75) is 51.2 Å². The first kappa shape index (κ1) is 11.0. The molecule has 1 unspecified atom stereocenters. The van der Waals surface area contributed by atoms with Crippen molar-refractivity contribution in [2.75, 3.05) is 6.61 Å². The highest BCUT2D eigenvalue weighted by molar-refractivity contribution is 4.99. The third kappa shape index (κ3) is 1.89. The molecule has 0 saturated heterocycles. The molecule has 4 saturated carbocycles. The van der Waals surface area contributed by atoms with Gasteiger partial charge in [0.05, 0.1) is 12.7 Å². The topological polar surface area (TPSA) is 47.3 Å². The molecule has 0 heterocycles. The van der Waals surface area contributed by atoms with Crippen molar-refractivity contribution in [3.05, 3.63) is 0 Å². The molecule has 0 spiro atoms. The summed E-state index contributed by atoms with van der Waals surface area (Å²) in [6.07, 6.45) is 7.79. The van der Waals surface area contributed by atoms with Gasteiger partial charge in [0.15, 0.2) is 0 Å². The average molecular weight is 224 g/mol. The highest BCUT2D eigenvalue weighted by atomic mass is 16.5. The molecule has 0 aromatic rings. The molecular formula is C13H24N2O. The molecule has 4 aliphatic rings. The Morgan fingerprint density at radius 1 is 1.12 bits per heavy atom. The van der Waals surface area contributed by atoms with E-state index in [-0.39, 0.29) is 6.04 Å². The minimum absolute atomic E-state index is 0.275. The lowest BCUT2D eigenvalue weighted by Crippen LogP contribution is -2.50. The van der Waals surface area contributed by atoms with Crippen molar-refractivity contribution in [1.82, 2.24) is 5.43 Å². The second kappa shape index (κ2) is 4.28. The number of hydrogen-bond acceptors (Lipinski definition) is 3. The molecule has 0 radical (unpaired) electrons. The number of hydrazine groups is 1. The van der Waals surface area contributed by atoms with Gasteiger partial charge < -0.3 is 4.74 Å². The van der Waals surface area contributed by atoms with Gasteiger partial charge >= 0.3 is 0 Å². The summed E-state index contributed by atoms with van der Waals surface area (Å²) >= 11 is 0. The van der Waals surface area contributed by atoms with E-state index in [4.69, 9.17) is 10.6 Å². The van der Waals surface area contributed by atoms with Gasteiger partial charge in [0.25, 0.3) is 0 Å². The van der Waals surface area contributed by atoms with Gasteiger partial charge in [-0.3, -0.25) is 11.3 Å². The fourth-order valence-electron chi connectivity index (χ4n) is 4.45. The molecule has 0 aliphatic heterocycles. The van der Waals surface area contributed by atoms with E-state index in [1.165, 1.54) is 32.1 Å². The second-order valence-electron chi connectivity index (χ2n) is 6.30. The number of nitrogens with one attached hydrogen (secondary N) is 1. The fraction of sp³-hybridized carbons (Fsp3) is 1.00. The second-order valence-corrected chi connectivity index (χ2v) is 6.30. The molecule has 3 nitrogen and oxygen atoms in total. The minimum atomic E-state index is 0.275. The van der Waals surface area contributed by atoms with E-state index in [1.54, 1.807) is 0 Å². The Balaban J connectivity index is 1.59. The normalized spacial score (nSPS) is 47.2. The van der Waals surface area contributed by atoms with E-state index in [2.05, 4.69) is 12.3 Å². The van der Waals surface area contributed by atoms with Gasteiger partial charge in [-0.1, -0.05) is 0 Å². The lowest BCUT2D eigenvalue weighted by molar-refractivity contribution is -0.129. The Labute approximate surface area is 98.1 Å². The molecule has 4 fully saturated rings. The maximum absolute atomic E-state index is 6.13. The SMILES string of the molecule is CC(COC1C2CC3CC(C2)CC1C3)NN. The highest BCUT2D eigenvalue weighted by Gasteiger charge is 2.48. The smallest absolute Gasteiger partial charge is 0.0634 e. The zero-order valence-electron chi connectivity index (χ0n) is 10.2. The quantitative estimate of drug-likeness (QED) is 0.564. The maximum Gasteiger partial charge on any atom is 0.0634 e. The molecule has 3 heteroatoms. The molecule has 0 aromatic heterocycles. The highest BCUT2D eigenvalue weighted by Crippen LogP contribution is 2.54. The molecule has 1 atom stereocenters. The van der Waals surface area contributed by atoms with Crippen molar-refractivity contribution >= 4 is 0 Å². The van der Waals surface area contributed by atoms with Crippen LogP contribution in [0.1, 0.15) is 39.0 Å². The van der Waals surface area contributed by atoms with Crippen molar-refractivity contribution in [3.8, 4) is 0 Å². The first-order chi connectivity index (χ1) is 7.76. The van der Waals surface area contributed by atoms with Crippen LogP contribution < -0.4 is 11.3 Å². The largest absolute Gasteiger partial charge is 0.376 e. The van der Waals surface area contributed by atoms with Crippen LogP contribution >= 0.6 is 0 Å². The predicted octanol–water partition coefficient (Wildman–Crippen LogP) is 1.68. The summed E-state index contributed by atoms with van der Waals surface area (Å²) in [4.78, 5) is 0. The third-order valence-corrected chi connectivity index (χ3v) is 4.96. The number of nitrogens with two attached hydrogens (primary N) is 1. The Bertz CT molecular complexity index is 228. The number of ether oxygens (including phenoxy) is 1. The molecule has 4 aliphatic carbocycles. The third-order valence-electron chi connectivity index (χ3n) is 4.96. The van der Waals surface area contributed by atoms with E-state index < -0.39 is 0 Å². The number of hydrogen-bond donors (Lipinski definition) is 2. The summed E-state index contributed by atoms with van der Waals surface area (Å²) in [5.41, 5.74) is 2.76. The molecular weight excluding hydrogens is 200 g/mol. The first-order valence-electron chi connectivity index (χ1n) is 6.84. The van der Waals surface area contributed by atoms with Crippen LogP contribution in [0, 0.1) is 23.7 Å². The monoisotopic (exact) mass is 224 g/mol. The van der Waals surface area contributed by atoms with Gasteiger partial charge in [-0.25, -0.2) is 0 Å². The molecule has 92 valence electrons. The van der Waals surface area contributed by atoms with E-state index in [0.29, 0.717) is 6.10 Å². The summed E-state index contributed by atoms with van der Waals surface area (Å²) in [7, 11) is 0. The maximum atomic E-state index is 6.13. The average Bonchev–Trinajstić information content (AvgIpc) is 2.26. The van der Waals surface area contributed by atoms with Crippen LogP contribution in [0.25, 0.3) is 0 Å². The first-order valence-corrected chi connectivity index (χ1v) is 6.84. The molecule has 0 amide bonds. The van der Waals surface area contributed by atoms with Gasteiger partial charge in [0.2, 0.25) is 0 Å². The summed E-state index contributed by atoms with van der Waals surface area (Å²) in [5, 5.41) is 0. The van der Waals surface area contributed by atoms with Gasteiger partial charge in [-0.15, -0.1) is 0 Å². The molecule has 16 heavy (non-hydrogen) atoms. The molecule has 4 bridgehead atoms. The summed E-state index contributed by atoms with van der Waals surface area (Å²) in [6.45, 7) is 2.85. The van der Waals surface area contributed by atoms with Gasteiger partial charge in [-0.05, 0) is 62.7 Å². The van der Waals surface area contributed by atoms with Crippen LogP contribution in [0.3, 0.4) is 0 Å². The summed E-state index contributed by atoms with van der Waals surface area (Å²) < 4.78 is 6.13. The lowest BCUT2D eigenvalue weighted by Gasteiger charge is -2.54. The van der Waals surface area contributed by atoms with Crippen LogP contribution in [0.15, 0.2) is 0 Å². The molecule has 0 aromatic carbocycles. The predicted molar refractivity (Wildman–Crippen MR) is 63.6 cm³/mol. The van der Waals surface area contributed by atoms with Crippen LogP contribution in [0.2, 0.25) is 0 Å². The van der Waals surface area contributed by atoms with Crippen LogP contribution in [-0.2, 0) is 4.74 Å². The van der Waals surface area contributed by atoms with E-state index in [9.17, 15) is 0 Å². The molecule has 4 rings (SSSR count). The minimum Gasteiger partial charge on any atom is -0.376 e. The van der Waals surface area contributed by atoms with E-state index in [0.717, 1.165) is 30.3 Å². The van der Waals surface area contributed by atoms with Crippen LogP contribution in [0.4, 0.5) is 0 Å². The van der Waals surface area contributed by atoms with Crippen LogP contribution in [0.5, 0.6) is 0 Å². The zero-order chi connectivity index (χ0) is 11.1. The standard InChI is InChI=1S/C13H24N2O/c1-8(15-14)7-16-13-11-3-9-2-10(5-11)6-12(13)4-9/h8-13,15H,2-7,14H2,1H3. The number of rotatable bonds is 4. The van der Waals surface area contributed by atoms with Crippen molar-refractivity contribution in [3.63, 3.8) is 0 Å². The molecule has 3 N–H and O–H groups in total. The van der Waals surface area contributed by atoms with Crippen molar-refractivity contribution < 1.29 is 4.74 Å². The van der Waals surface area contributed by atoms with Gasteiger partial charge in [-0.2, -0.15) is 0 Å². The fourth-order valence-corrected chi connectivity index (χ4v) is 4.45. The Morgan fingerprint density at radius 3 is 2.19 bits per heavy atom. The summed E-state index contributed by atoms with van der Waals surface area (Å²) in [5.74, 6) is 9.20. The Hall–Kier alpha value is -0.120. The van der Waals surface area contributed by atoms with Gasteiger partial charge in [0.1, 0.15) is 0 Å². The van der Waals surface area contributed by atoms with Crippen LogP contribution in [-0.4, -0.2) is 18.8 Å². The van der Waals surface area contributed by atoms with Crippen molar-refractivity contribution in [1.29, 1.82) is 0 Å². The van der Waals surface area contributed by atoms with Crippen molar-refractivity contribution in [2.24, 2.45) is 29.5 Å². The van der Waals surface area contributed by atoms with E-state index in [1.807, 2.05) is 0 Å². The lowest BCUT2D eigenvalue weighted by atomic mass is 9.55. The Kier molecular flexibility index (Phi) is 2.94.